The highest BCUT2D eigenvalue weighted by Gasteiger charge is 2.28. The third-order valence-corrected chi connectivity index (χ3v) is 8.44. The smallest absolute Gasteiger partial charge is 0.472 e. The van der Waals surface area contributed by atoms with Gasteiger partial charge >= 0.3 is 19.8 Å². The maximum Gasteiger partial charge on any atom is 0.472 e. The maximum absolute atomic E-state index is 12.2. The number of aliphatic hydroxyl groups is 1. The summed E-state index contributed by atoms with van der Waals surface area (Å²) >= 11 is 0. The van der Waals surface area contributed by atoms with Crippen LogP contribution in [0.5, 0.6) is 0 Å². The quantitative estimate of drug-likeness (QED) is 0.0230. The molecule has 1 amide bonds. The monoisotopic (exact) mass is 689 g/mol. The fourth-order valence-corrected chi connectivity index (χ4v) is 5.41. The van der Waals surface area contributed by atoms with Crippen LogP contribution in [-0.2, 0) is 32.7 Å². The fourth-order valence-electron chi connectivity index (χ4n) is 4.64. The van der Waals surface area contributed by atoms with Gasteiger partial charge in [0.1, 0.15) is 12.7 Å². The molecule has 0 aliphatic heterocycles. The number of amides is 1. The van der Waals surface area contributed by atoms with Crippen LogP contribution in [0.15, 0.2) is 24.3 Å². The number of carbonyl (C=O) groups excluding carboxylic acids is 2. The van der Waals surface area contributed by atoms with E-state index in [1.807, 2.05) is 0 Å². The SMILES string of the molecule is CCCCC/C=C\C/C=C\CCCCCCCCCC(=O)NC(COP(=O)(O)OCC(O)COC(=O)CCCCCCCC)C(=O)O. The number of hydrogen-bond acceptors (Lipinski definition) is 8. The van der Waals surface area contributed by atoms with E-state index in [4.69, 9.17) is 13.8 Å². The Balaban J connectivity index is 3.99. The molecular weight excluding hydrogens is 625 g/mol. The Hall–Kier alpha value is -2.04. The average molecular weight is 690 g/mol. The molecule has 0 bridgehead atoms. The van der Waals surface area contributed by atoms with Gasteiger partial charge in [-0.1, -0.05) is 115 Å². The van der Waals surface area contributed by atoms with E-state index in [1.165, 1.54) is 38.5 Å². The Bertz CT molecular complexity index is 911. The Kier molecular flexibility index (Phi) is 29.9. The van der Waals surface area contributed by atoms with Crippen LogP contribution >= 0.6 is 7.82 Å². The van der Waals surface area contributed by atoms with E-state index in [2.05, 4.69) is 43.5 Å². The molecule has 4 N–H and O–H groups in total. The number of allylic oxidation sites excluding steroid dienone is 4. The van der Waals surface area contributed by atoms with Crippen molar-refractivity contribution < 1.29 is 47.8 Å². The molecule has 0 radical (unpaired) electrons. The van der Waals surface area contributed by atoms with Gasteiger partial charge in [-0.2, -0.15) is 0 Å². The van der Waals surface area contributed by atoms with Crippen molar-refractivity contribution >= 4 is 25.7 Å². The molecule has 0 fully saturated rings. The van der Waals surface area contributed by atoms with Crippen LogP contribution in [0.4, 0.5) is 0 Å². The molecule has 0 aromatic rings. The number of phosphoric ester groups is 1. The third-order valence-electron chi connectivity index (χ3n) is 7.49. The highest BCUT2D eigenvalue weighted by molar-refractivity contribution is 7.47. The first-order valence-electron chi connectivity index (χ1n) is 17.9. The highest BCUT2D eigenvalue weighted by atomic mass is 31.2. The lowest BCUT2D eigenvalue weighted by atomic mass is 10.1. The first-order chi connectivity index (χ1) is 22.6. The molecule has 0 aromatic heterocycles. The molecular formula is C35H64NO10P. The zero-order chi connectivity index (χ0) is 35.0. The predicted molar refractivity (Wildman–Crippen MR) is 185 cm³/mol. The van der Waals surface area contributed by atoms with Crippen LogP contribution in [0.3, 0.4) is 0 Å². The minimum atomic E-state index is -4.74. The van der Waals surface area contributed by atoms with Crippen LogP contribution in [0, 0.1) is 0 Å². The lowest BCUT2D eigenvalue weighted by Gasteiger charge is -2.18. The molecule has 12 heteroatoms. The van der Waals surface area contributed by atoms with Gasteiger partial charge < -0.3 is 25.2 Å². The summed E-state index contributed by atoms with van der Waals surface area (Å²) in [6.45, 7) is 2.45. The number of aliphatic carboxylic acids is 1. The second kappa shape index (κ2) is 31.2. The van der Waals surface area contributed by atoms with Gasteiger partial charge in [-0.3, -0.25) is 18.6 Å². The van der Waals surface area contributed by atoms with Crippen molar-refractivity contribution in [1.29, 1.82) is 0 Å². The van der Waals surface area contributed by atoms with E-state index in [1.54, 1.807) is 0 Å². The first-order valence-corrected chi connectivity index (χ1v) is 19.4. The van der Waals surface area contributed by atoms with Gasteiger partial charge in [0.05, 0.1) is 13.2 Å². The van der Waals surface area contributed by atoms with E-state index >= 15 is 0 Å². The van der Waals surface area contributed by atoms with E-state index in [0.29, 0.717) is 12.8 Å². The molecule has 0 heterocycles. The van der Waals surface area contributed by atoms with Crippen molar-refractivity contribution in [3.63, 3.8) is 0 Å². The Morgan fingerprint density at radius 1 is 0.681 bits per heavy atom. The fraction of sp³-hybridized carbons (Fsp3) is 0.800. The highest BCUT2D eigenvalue weighted by Crippen LogP contribution is 2.43. The van der Waals surface area contributed by atoms with Gasteiger partial charge in [-0.15, -0.1) is 0 Å². The van der Waals surface area contributed by atoms with E-state index in [9.17, 15) is 34.1 Å². The van der Waals surface area contributed by atoms with Crippen molar-refractivity contribution in [1.82, 2.24) is 5.32 Å². The largest absolute Gasteiger partial charge is 0.480 e. The van der Waals surface area contributed by atoms with Crippen molar-refractivity contribution in [3.8, 4) is 0 Å². The molecule has 3 unspecified atom stereocenters. The lowest BCUT2D eigenvalue weighted by Crippen LogP contribution is -2.43. The molecule has 0 spiro atoms. The van der Waals surface area contributed by atoms with Crippen LogP contribution in [0.2, 0.25) is 0 Å². The number of unbranched alkanes of at least 4 members (excludes halogenated alkanes) is 15. The van der Waals surface area contributed by atoms with Gasteiger partial charge in [-0.25, -0.2) is 9.36 Å². The predicted octanol–water partition coefficient (Wildman–Crippen LogP) is 7.94. The molecule has 47 heavy (non-hydrogen) atoms. The second-order valence-corrected chi connectivity index (χ2v) is 13.5. The lowest BCUT2D eigenvalue weighted by molar-refractivity contribution is -0.147. The summed E-state index contributed by atoms with van der Waals surface area (Å²) in [6, 6.07) is -1.55. The van der Waals surface area contributed by atoms with E-state index in [0.717, 1.165) is 70.6 Å². The molecule has 0 aliphatic carbocycles. The molecule has 11 nitrogen and oxygen atoms in total. The minimum absolute atomic E-state index is 0.138. The molecule has 0 aromatic carbocycles. The number of ether oxygens (including phenoxy) is 1. The van der Waals surface area contributed by atoms with Gasteiger partial charge in [0.15, 0.2) is 6.04 Å². The topological polar surface area (TPSA) is 169 Å². The standard InChI is InChI=1S/C35H64NO10P/c1-3-5-7-9-11-12-13-14-15-16-17-18-19-20-21-22-24-26-33(38)36-32(35(40)41)30-46-47(42,43)45-29-31(37)28-44-34(39)27-25-23-10-8-6-4-2/h11-12,14-15,31-32,37H,3-10,13,16-30H2,1-2H3,(H,36,38)(H,40,41)(H,42,43)/b12-11-,15-14-. The number of nitrogens with one attached hydrogen (secondary N) is 1. The molecule has 274 valence electrons. The van der Waals surface area contributed by atoms with Crippen LogP contribution in [0.25, 0.3) is 0 Å². The van der Waals surface area contributed by atoms with Crippen LogP contribution in [-0.4, -0.2) is 64.9 Å². The summed E-state index contributed by atoms with van der Waals surface area (Å²) in [6.07, 6.45) is 28.2. The number of carboxylic acids is 1. The minimum Gasteiger partial charge on any atom is -0.480 e. The zero-order valence-corrected chi connectivity index (χ0v) is 30.0. The summed E-state index contributed by atoms with van der Waals surface area (Å²) in [5.41, 5.74) is 0. The van der Waals surface area contributed by atoms with Gasteiger partial charge in [0.25, 0.3) is 0 Å². The number of aliphatic hydroxyl groups excluding tert-OH is 1. The number of esters is 1. The Morgan fingerprint density at radius 3 is 1.77 bits per heavy atom. The number of carboxylic acid groups (broad SMARTS) is 1. The van der Waals surface area contributed by atoms with E-state index in [-0.39, 0.29) is 12.8 Å². The van der Waals surface area contributed by atoms with E-state index < -0.39 is 57.6 Å². The summed E-state index contributed by atoms with van der Waals surface area (Å²) in [5.74, 6) is -2.39. The summed E-state index contributed by atoms with van der Waals surface area (Å²) in [7, 11) is -4.74. The molecule has 0 saturated heterocycles. The van der Waals surface area contributed by atoms with Crippen LogP contribution in [0.1, 0.15) is 149 Å². The summed E-state index contributed by atoms with van der Waals surface area (Å²) < 4.78 is 26.5. The van der Waals surface area contributed by atoms with Crippen molar-refractivity contribution in [2.45, 2.75) is 161 Å². The number of hydrogen-bond donors (Lipinski definition) is 4. The Labute approximate surface area is 283 Å². The van der Waals surface area contributed by atoms with Gasteiger partial charge in [-0.05, 0) is 44.9 Å². The van der Waals surface area contributed by atoms with Crippen molar-refractivity contribution in [2.24, 2.45) is 0 Å². The van der Waals surface area contributed by atoms with Crippen LogP contribution < -0.4 is 5.32 Å². The van der Waals surface area contributed by atoms with Gasteiger partial charge in [0, 0.05) is 12.8 Å². The molecule has 3 atom stereocenters. The summed E-state index contributed by atoms with van der Waals surface area (Å²) in [4.78, 5) is 45.4. The molecule has 0 saturated carbocycles. The van der Waals surface area contributed by atoms with Crippen molar-refractivity contribution in [3.05, 3.63) is 24.3 Å². The normalized spacial score (nSPS) is 14.3. The third kappa shape index (κ3) is 31.0. The number of carbonyl (C=O) groups is 3. The molecule has 0 aliphatic rings. The zero-order valence-electron chi connectivity index (χ0n) is 29.1. The summed E-state index contributed by atoms with van der Waals surface area (Å²) in [5, 5.41) is 21.6. The number of rotatable bonds is 33. The second-order valence-electron chi connectivity index (χ2n) is 12.1. The Morgan fingerprint density at radius 2 is 1.17 bits per heavy atom. The first kappa shape index (κ1) is 45.0. The maximum atomic E-state index is 12.2. The molecule has 0 rings (SSSR count). The van der Waals surface area contributed by atoms with Gasteiger partial charge in [0.2, 0.25) is 5.91 Å². The average Bonchev–Trinajstić information content (AvgIpc) is 3.04. The van der Waals surface area contributed by atoms with Crippen molar-refractivity contribution in [2.75, 3.05) is 19.8 Å². The number of phosphoric acid groups is 1.